The molecule has 0 spiro atoms. The van der Waals surface area contributed by atoms with Crippen LogP contribution >= 0.6 is 0 Å². The molecule has 1 saturated heterocycles. The molecule has 1 amide bonds. The highest BCUT2D eigenvalue weighted by atomic mass is 16.2. The summed E-state index contributed by atoms with van der Waals surface area (Å²) < 4.78 is 0. The first-order valence-electron chi connectivity index (χ1n) is 13.0. The van der Waals surface area contributed by atoms with Crippen molar-refractivity contribution < 1.29 is 4.79 Å². The Bertz CT molecular complexity index is 1020. The van der Waals surface area contributed by atoms with Crippen LogP contribution in [0.2, 0.25) is 0 Å². The van der Waals surface area contributed by atoms with Gasteiger partial charge in [-0.3, -0.25) is 9.69 Å². The molecular weight excluding hydrogens is 422 g/mol. The SMILES string of the molecule is CC(C)c1ccc(C=CC(=O)N2CCc3cnc(N4CCN(C5CCC5)CC4)nc3CC2)cc1. The average molecular weight is 460 g/mol. The number of fused-ring (bicyclic) bond motifs is 1. The molecule has 2 aromatic rings. The molecule has 1 saturated carbocycles. The van der Waals surface area contributed by atoms with E-state index in [4.69, 9.17) is 9.97 Å². The van der Waals surface area contributed by atoms with E-state index in [1.165, 1.54) is 30.4 Å². The maximum Gasteiger partial charge on any atom is 0.246 e. The molecule has 3 aliphatic rings. The van der Waals surface area contributed by atoms with E-state index in [0.717, 1.165) is 62.3 Å². The second-order valence-electron chi connectivity index (χ2n) is 10.2. The standard InChI is InChI=1S/C28H37N5O/c1-21(2)23-9-6-22(7-10-23)8-11-27(34)32-14-12-24-20-29-28(30-26(24)13-15-32)33-18-16-31(17-19-33)25-4-3-5-25/h6-11,20-21,25H,3-5,12-19H2,1-2H3. The van der Waals surface area contributed by atoms with Gasteiger partial charge in [0.05, 0.1) is 5.69 Å². The van der Waals surface area contributed by atoms with Crippen LogP contribution in [0.4, 0.5) is 5.95 Å². The van der Waals surface area contributed by atoms with Crippen LogP contribution < -0.4 is 4.90 Å². The van der Waals surface area contributed by atoms with Crippen molar-refractivity contribution in [1.29, 1.82) is 0 Å². The molecule has 6 nitrogen and oxygen atoms in total. The number of rotatable bonds is 5. The predicted molar refractivity (Wildman–Crippen MR) is 137 cm³/mol. The van der Waals surface area contributed by atoms with Crippen molar-refractivity contribution in [2.24, 2.45) is 0 Å². The largest absolute Gasteiger partial charge is 0.338 e. The van der Waals surface area contributed by atoms with Gasteiger partial charge in [-0.05, 0) is 47.9 Å². The monoisotopic (exact) mass is 459 g/mol. The molecular formula is C28H37N5O. The fraction of sp³-hybridized carbons (Fsp3) is 0.536. The molecule has 6 heteroatoms. The number of hydrogen-bond acceptors (Lipinski definition) is 5. The summed E-state index contributed by atoms with van der Waals surface area (Å²) in [6.07, 6.45) is 11.3. The number of piperazine rings is 1. The Balaban J connectivity index is 1.17. The highest BCUT2D eigenvalue weighted by Crippen LogP contribution is 2.26. The van der Waals surface area contributed by atoms with Crippen molar-refractivity contribution in [3.05, 3.63) is 58.9 Å². The molecule has 1 aromatic heterocycles. The second kappa shape index (κ2) is 10.3. The van der Waals surface area contributed by atoms with E-state index in [1.807, 2.05) is 17.2 Å². The lowest BCUT2D eigenvalue weighted by molar-refractivity contribution is -0.125. The highest BCUT2D eigenvalue weighted by molar-refractivity contribution is 5.91. The van der Waals surface area contributed by atoms with Crippen LogP contribution in [0.1, 0.15) is 61.4 Å². The van der Waals surface area contributed by atoms with E-state index >= 15 is 0 Å². The molecule has 1 aliphatic carbocycles. The fourth-order valence-corrected chi connectivity index (χ4v) is 5.14. The zero-order valence-corrected chi connectivity index (χ0v) is 20.6. The third-order valence-corrected chi connectivity index (χ3v) is 7.73. The van der Waals surface area contributed by atoms with E-state index in [0.29, 0.717) is 19.0 Å². The van der Waals surface area contributed by atoms with Gasteiger partial charge in [0, 0.05) is 64.0 Å². The van der Waals surface area contributed by atoms with Crippen molar-refractivity contribution >= 4 is 17.9 Å². The lowest BCUT2D eigenvalue weighted by Gasteiger charge is -2.43. The first-order valence-corrected chi connectivity index (χ1v) is 13.0. The minimum absolute atomic E-state index is 0.0704. The Kier molecular flexibility index (Phi) is 6.95. The first kappa shape index (κ1) is 23.0. The van der Waals surface area contributed by atoms with Crippen LogP contribution in [0, 0.1) is 0 Å². The lowest BCUT2D eigenvalue weighted by atomic mass is 9.91. The van der Waals surface area contributed by atoms with Gasteiger partial charge < -0.3 is 9.80 Å². The summed E-state index contributed by atoms with van der Waals surface area (Å²) in [5, 5.41) is 0. The van der Waals surface area contributed by atoms with E-state index < -0.39 is 0 Å². The Hall–Kier alpha value is -2.73. The minimum atomic E-state index is 0.0704. The van der Waals surface area contributed by atoms with Gasteiger partial charge in [-0.1, -0.05) is 44.5 Å². The van der Waals surface area contributed by atoms with E-state index in [-0.39, 0.29) is 5.91 Å². The number of aromatic nitrogens is 2. The zero-order chi connectivity index (χ0) is 23.5. The number of carbonyl (C=O) groups is 1. The van der Waals surface area contributed by atoms with Crippen LogP contribution in [-0.2, 0) is 17.6 Å². The smallest absolute Gasteiger partial charge is 0.246 e. The molecule has 2 aliphatic heterocycles. The Morgan fingerprint density at radius 1 is 1.00 bits per heavy atom. The van der Waals surface area contributed by atoms with Crippen LogP contribution in [0.25, 0.3) is 6.08 Å². The summed E-state index contributed by atoms with van der Waals surface area (Å²) in [4.78, 5) is 29.4. The molecule has 2 fully saturated rings. The van der Waals surface area contributed by atoms with Gasteiger partial charge in [-0.15, -0.1) is 0 Å². The zero-order valence-electron chi connectivity index (χ0n) is 20.6. The maximum atomic E-state index is 12.9. The second-order valence-corrected chi connectivity index (χ2v) is 10.2. The van der Waals surface area contributed by atoms with E-state index in [2.05, 4.69) is 47.9 Å². The van der Waals surface area contributed by atoms with Gasteiger partial charge in [0.2, 0.25) is 11.9 Å². The molecule has 180 valence electrons. The average Bonchev–Trinajstić information content (AvgIpc) is 3.04. The normalized spacial score (nSPS) is 19.9. The number of hydrogen-bond donors (Lipinski definition) is 0. The summed E-state index contributed by atoms with van der Waals surface area (Å²) >= 11 is 0. The fourth-order valence-electron chi connectivity index (χ4n) is 5.14. The van der Waals surface area contributed by atoms with Crippen molar-refractivity contribution in [2.75, 3.05) is 44.2 Å². The topological polar surface area (TPSA) is 52.6 Å². The van der Waals surface area contributed by atoms with Crippen molar-refractivity contribution in [2.45, 2.75) is 57.9 Å². The van der Waals surface area contributed by atoms with Gasteiger partial charge in [0.15, 0.2) is 0 Å². The van der Waals surface area contributed by atoms with E-state index in [9.17, 15) is 4.79 Å². The Morgan fingerprint density at radius 2 is 1.74 bits per heavy atom. The minimum Gasteiger partial charge on any atom is -0.338 e. The third kappa shape index (κ3) is 5.17. The van der Waals surface area contributed by atoms with Gasteiger partial charge in [-0.2, -0.15) is 0 Å². The van der Waals surface area contributed by atoms with Gasteiger partial charge in [0.1, 0.15) is 0 Å². The maximum absolute atomic E-state index is 12.9. The molecule has 34 heavy (non-hydrogen) atoms. The summed E-state index contributed by atoms with van der Waals surface area (Å²) in [6, 6.07) is 9.26. The molecule has 0 N–H and O–H groups in total. The summed E-state index contributed by atoms with van der Waals surface area (Å²) in [7, 11) is 0. The number of amides is 1. The van der Waals surface area contributed by atoms with Crippen molar-refractivity contribution in [3.63, 3.8) is 0 Å². The first-order chi connectivity index (χ1) is 16.6. The van der Waals surface area contributed by atoms with Crippen LogP contribution in [0.5, 0.6) is 0 Å². The predicted octanol–water partition coefficient (Wildman–Crippen LogP) is 3.92. The molecule has 0 atom stereocenters. The van der Waals surface area contributed by atoms with Crippen molar-refractivity contribution in [3.8, 4) is 0 Å². The summed E-state index contributed by atoms with van der Waals surface area (Å²) in [6.45, 7) is 10.0. The number of benzene rings is 1. The van der Waals surface area contributed by atoms with Gasteiger partial charge in [-0.25, -0.2) is 9.97 Å². The van der Waals surface area contributed by atoms with Crippen LogP contribution in [0.3, 0.4) is 0 Å². The number of nitrogens with zero attached hydrogens (tertiary/aromatic N) is 5. The summed E-state index contributed by atoms with van der Waals surface area (Å²) in [5.41, 5.74) is 4.66. The van der Waals surface area contributed by atoms with E-state index in [1.54, 1.807) is 6.08 Å². The lowest BCUT2D eigenvalue weighted by Crippen LogP contribution is -2.52. The van der Waals surface area contributed by atoms with Gasteiger partial charge >= 0.3 is 0 Å². The van der Waals surface area contributed by atoms with Gasteiger partial charge in [0.25, 0.3) is 0 Å². The van der Waals surface area contributed by atoms with Crippen LogP contribution in [0.15, 0.2) is 36.5 Å². The molecule has 1 aromatic carbocycles. The third-order valence-electron chi connectivity index (χ3n) is 7.73. The van der Waals surface area contributed by atoms with Crippen molar-refractivity contribution in [1.82, 2.24) is 19.8 Å². The molecule has 0 radical (unpaired) electrons. The number of carbonyl (C=O) groups excluding carboxylic acids is 1. The number of anilines is 1. The highest BCUT2D eigenvalue weighted by Gasteiger charge is 2.29. The molecule has 0 unspecified atom stereocenters. The molecule has 0 bridgehead atoms. The Morgan fingerprint density at radius 3 is 2.41 bits per heavy atom. The molecule has 3 heterocycles. The quantitative estimate of drug-likeness (QED) is 0.635. The Labute approximate surface area is 203 Å². The summed E-state index contributed by atoms with van der Waals surface area (Å²) in [5.74, 6) is 1.44. The molecule has 5 rings (SSSR count). The van der Waals surface area contributed by atoms with Crippen LogP contribution in [-0.4, -0.2) is 71.0 Å².